The van der Waals surface area contributed by atoms with Crippen molar-refractivity contribution in [2.24, 2.45) is 29.4 Å². The van der Waals surface area contributed by atoms with Crippen LogP contribution in [0.25, 0.3) is 0 Å². The van der Waals surface area contributed by atoms with Gasteiger partial charge < -0.3 is 15.2 Å². The van der Waals surface area contributed by atoms with E-state index in [1.807, 2.05) is 12.1 Å². The molecular formula is C18H25NO2. The van der Waals surface area contributed by atoms with Crippen molar-refractivity contribution in [1.82, 2.24) is 0 Å². The number of hydrogen-bond donors (Lipinski definition) is 1. The summed E-state index contributed by atoms with van der Waals surface area (Å²) in [6, 6.07) is 6.06. The summed E-state index contributed by atoms with van der Waals surface area (Å²) < 4.78 is 11.9. The summed E-state index contributed by atoms with van der Waals surface area (Å²) in [7, 11) is 1.71. The first-order valence-electron chi connectivity index (χ1n) is 8.30. The molecule has 4 aliphatic carbocycles. The maximum atomic E-state index is 6.48. The number of hydrogen-bond acceptors (Lipinski definition) is 3. The van der Waals surface area contributed by atoms with Gasteiger partial charge in [-0.05, 0) is 73.5 Å². The van der Waals surface area contributed by atoms with E-state index >= 15 is 0 Å². The summed E-state index contributed by atoms with van der Waals surface area (Å²) in [4.78, 5) is 0. The molecule has 3 nitrogen and oxygen atoms in total. The molecule has 0 unspecified atom stereocenters. The molecule has 21 heavy (non-hydrogen) atoms. The van der Waals surface area contributed by atoms with Crippen molar-refractivity contribution in [2.45, 2.75) is 44.8 Å². The molecule has 1 aromatic carbocycles. The normalized spacial score (nSPS) is 36.8. The van der Waals surface area contributed by atoms with Gasteiger partial charge in [0.25, 0.3) is 0 Å². The fraction of sp³-hybridized carbons (Fsp3) is 0.667. The highest BCUT2D eigenvalue weighted by Gasteiger charge is 2.49. The Morgan fingerprint density at radius 1 is 1.00 bits per heavy atom. The van der Waals surface area contributed by atoms with Crippen LogP contribution in [0.5, 0.6) is 11.5 Å². The van der Waals surface area contributed by atoms with Crippen LogP contribution in [0.2, 0.25) is 0 Å². The zero-order valence-corrected chi connectivity index (χ0v) is 12.8. The summed E-state index contributed by atoms with van der Waals surface area (Å²) in [5.74, 6) is 5.19. The highest BCUT2D eigenvalue weighted by molar-refractivity contribution is 5.43. The lowest BCUT2D eigenvalue weighted by Gasteiger charge is -2.53. The summed E-state index contributed by atoms with van der Waals surface area (Å²) in [5, 5.41) is 0. The molecule has 0 aromatic heterocycles. The van der Waals surface area contributed by atoms with Crippen LogP contribution in [0.3, 0.4) is 0 Å². The van der Waals surface area contributed by atoms with Crippen LogP contribution in [0.15, 0.2) is 18.2 Å². The number of ether oxygens (including phenoxy) is 2. The molecule has 3 heteroatoms. The molecule has 4 saturated carbocycles. The van der Waals surface area contributed by atoms with Crippen LogP contribution in [0, 0.1) is 23.7 Å². The molecule has 0 atom stereocenters. The largest absolute Gasteiger partial charge is 0.493 e. The van der Waals surface area contributed by atoms with E-state index in [0.717, 1.165) is 40.7 Å². The smallest absolute Gasteiger partial charge is 0.161 e. The Kier molecular flexibility index (Phi) is 3.33. The van der Waals surface area contributed by atoms with Crippen LogP contribution < -0.4 is 15.2 Å². The third-order valence-corrected chi connectivity index (χ3v) is 5.87. The molecule has 5 rings (SSSR count). The Labute approximate surface area is 126 Å². The number of nitrogens with two attached hydrogens (primary N) is 1. The van der Waals surface area contributed by atoms with Gasteiger partial charge in [0, 0.05) is 6.54 Å². The lowest BCUT2D eigenvalue weighted by atomic mass is 9.55. The van der Waals surface area contributed by atoms with Crippen molar-refractivity contribution >= 4 is 0 Å². The second-order valence-electron chi connectivity index (χ2n) is 7.20. The van der Waals surface area contributed by atoms with E-state index in [0.29, 0.717) is 12.6 Å². The predicted octanol–water partition coefficient (Wildman–Crippen LogP) is 3.36. The Bertz CT molecular complexity index is 500. The summed E-state index contributed by atoms with van der Waals surface area (Å²) in [5.41, 5.74) is 6.87. The van der Waals surface area contributed by atoms with Crippen molar-refractivity contribution in [3.63, 3.8) is 0 Å². The minimum Gasteiger partial charge on any atom is -0.493 e. The quantitative estimate of drug-likeness (QED) is 0.923. The van der Waals surface area contributed by atoms with E-state index in [4.69, 9.17) is 15.2 Å². The molecule has 0 aliphatic heterocycles. The number of methoxy groups -OCH3 is 1. The SMILES string of the molecule is COc1ccc(CN)cc1OC1C2CC3CC(C2)CC1C3. The van der Waals surface area contributed by atoms with Gasteiger partial charge in [-0.15, -0.1) is 0 Å². The minimum atomic E-state index is 0.389. The van der Waals surface area contributed by atoms with Gasteiger partial charge in [-0.25, -0.2) is 0 Å². The summed E-state index contributed by atoms with van der Waals surface area (Å²) in [6.07, 6.45) is 7.35. The fourth-order valence-electron chi connectivity index (χ4n) is 5.15. The zero-order chi connectivity index (χ0) is 14.4. The summed E-state index contributed by atoms with van der Waals surface area (Å²) >= 11 is 0. The molecule has 4 bridgehead atoms. The Morgan fingerprint density at radius 2 is 1.67 bits per heavy atom. The molecule has 2 N–H and O–H groups in total. The van der Waals surface area contributed by atoms with E-state index in [2.05, 4.69) is 6.07 Å². The van der Waals surface area contributed by atoms with Crippen LogP contribution in [0.4, 0.5) is 0 Å². The predicted molar refractivity (Wildman–Crippen MR) is 82.3 cm³/mol. The van der Waals surface area contributed by atoms with Gasteiger partial charge in [0.2, 0.25) is 0 Å². The first-order chi connectivity index (χ1) is 10.3. The van der Waals surface area contributed by atoms with Gasteiger partial charge in [-0.1, -0.05) is 6.07 Å². The molecule has 4 fully saturated rings. The van der Waals surface area contributed by atoms with Crippen molar-refractivity contribution in [3.05, 3.63) is 23.8 Å². The van der Waals surface area contributed by atoms with Crippen LogP contribution in [-0.4, -0.2) is 13.2 Å². The highest BCUT2D eigenvalue weighted by Crippen LogP contribution is 2.55. The lowest BCUT2D eigenvalue weighted by molar-refractivity contribution is -0.0796. The second kappa shape index (κ2) is 5.20. The van der Waals surface area contributed by atoms with E-state index in [-0.39, 0.29) is 0 Å². The van der Waals surface area contributed by atoms with Gasteiger partial charge in [-0.3, -0.25) is 0 Å². The third kappa shape index (κ3) is 2.32. The first kappa shape index (κ1) is 13.4. The van der Waals surface area contributed by atoms with Crippen molar-refractivity contribution in [1.29, 1.82) is 0 Å². The summed E-state index contributed by atoms with van der Waals surface area (Å²) in [6.45, 7) is 0.544. The van der Waals surface area contributed by atoms with Gasteiger partial charge in [-0.2, -0.15) is 0 Å². The average molecular weight is 287 g/mol. The average Bonchev–Trinajstić information content (AvgIpc) is 2.50. The fourth-order valence-corrected chi connectivity index (χ4v) is 5.15. The van der Waals surface area contributed by atoms with Gasteiger partial charge in [0.1, 0.15) is 6.10 Å². The molecule has 0 spiro atoms. The molecule has 0 heterocycles. The van der Waals surface area contributed by atoms with E-state index in [1.54, 1.807) is 7.11 Å². The van der Waals surface area contributed by atoms with Crippen molar-refractivity contribution < 1.29 is 9.47 Å². The number of benzene rings is 1. The molecule has 0 amide bonds. The molecule has 1 aromatic rings. The maximum absolute atomic E-state index is 6.48. The van der Waals surface area contributed by atoms with Gasteiger partial charge in [0.05, 0.1) is 7.11 Å². The minimum absolute atomic E-state index is 0.389. The number of rotatable bonds is 4. The van der Waals surface area contributed by atoms with E-state index in [9.17, 15) is 0 Å². The molecule has 4 aliphatic rings. The molecule has 0 radical (unpaired) electrons. The lowest BCUT2D eigenvalue weighted by Crippen LogP contribution is -2.50. The topological polar surface area (TPSA) is 44.5 Å². The Morgan fingerprint density at radius 3 is 2.24 bits per heavy atom. The Hall–Kier alpha value is -1.22. The maximum Gasteiger partial charge on any atom is 0.161 e. The standard InChI is InChI=1S/C18H25NO2/c1-20-16-3-2-11(10-19)9-17(16)21-18-14-5-12-4-13(7-14)8-15(18)6-12/h2-3,9,12-15,18H,4-8,10,19H2,1H3. The van der Waals surface area contributed by atoms with Gasteiger partial charge in [0.15, 0.2) is 11.5 Å². The Balaban J connectivity index is 1.58. The monoisotopic (exact) mass is 287 g/mol. The molecular weight excluding hydrogens is 262 g/mol. The highest BCUT2D eigenvalue weighted by atomic mass is 16.5. The first-order valence-corrected chi connectivity index (χ1v) is 8.30. The molecule has 0 saturated heterocycles. The second-order valence-corrected chi connectivity index (χ2v) is 7.20. The van der Waals surface area contributed by atoms with Crippen LogP contribution in [-0.2, 0) is 6.54 Å². The van der Waals surface area contributed by atoms with Crippen LogP contribution in [0.1, 0.15) is 37.7 Å². The third-order valence-electron chi connectivity index (χ3n) is 5.87. The van der Waals surface area contributed by atoms with Gasteiger partial charge >= 0.3 is 0 Å². The molecule has 114 valence electrons. The van der Waals surface area contributed by atoms with E-state index < -0.39 is 0 Å². The van der Waals surface area contributed by atoms with Crippen molar-refractivity contribution in [3.8, 4) is 11.5 Å². The zero-order valence-electron chi connectivity index (χ0n) is 12.8. The van der Waals surface area contributed by atoms with E-state index in [1.165, 1.54) is 32.1 Å². The van der Waals surface area contributed by atoms with Crippen LogP contribution >= 0.6 is 0 Å². The van der Waals surface area contributed by atoms with Crippen molar-refractivity contribution in [2.75, 3.05) is 7.11 Å².